The number of carboxylic acids is 1. The molecule has 1 aromatic rings. The van der Waals surface area contributed by atoms with E-state index in [0.29, 0.717) is 12.8 Å². The molecule has 4 nitrogen and oxygen atoms in total. The second kappa shape index (κ2) is 10.1. The quantitative estimate of drug-likeness (QED) is 0.656. The molecule has 0 aliphatic rings. The largest absolute Gasteiger partial charge is 0.481 e. The third-order valence-electron chi connectivity index (χ3n) is 4.05. The molecule has 0 bridgehead atoms. The van der Waals surface area contributed by atoms with E-state index in [-0.39, 0.29) is 18.9 Å². The summed E-state index contributed by atoms with van der Waals surface area (Å²) in [6, 6.07) is 7.29. The summed E-state index contributed by atoms with van der Waals surface area (Å²) in [5, 5.41) is 9.22. The van der Waals surface area contributed by atoms with Crippen molar-refractivity contribution in [2.24, 2.45) is 11.7 Å². The molecule has 2 unspecified atom stereocenters. The van der Waals surface area contributed by atoms with E-state index < -0.39 is 17.9 Å². The Hall–Kier alpha value is -1.75. The highest BCUT2D eigenvalue weighted by atomic mass is 19.1. The lowest BCUT2D eigenvalue weighted by Gasteiger charge is -2.15. The number of carbonyl (C=O) groups is 2. The second-order valence-corrected chi connectivity index (χ2v) is 5.99. The summed E-state index contributed by atoms with van der Waals surface area (Å²) < 4.78 is 12.1. The van der Waals surface area contributed by atoms with Gasteiger partial charge in [-0.25, -0.2) is 0 Å². The molecule has 3 N–H and O–H groups in total. The molecule has 0 aliphatic carbocycles. The number of hydrogen-bond acceptors (Lipinski definition) is 3. The van der Waals surface area contributed by atoms with E-state index in [9.17, 15) is 19.1 Å². The molecule has 0 radical (unpaired) electrons. The number of alkyl halides is 1. The zero-order chi connectivity index (χ0) is 17.2. The maximum absolute atomic E-state index is 12.1. The van der Waals surface area contributed by atoms with Gasteiger partial charge < -0.3 is 10.8 Å². The number of aryl methyl sites for hydroxylation is 2. The van der Waals surface area contributed by atoms with Gasteiger partial charge in [0.05, 0.1) is 18.6 Å². The van der Waals surface area contributed by atoms with Gasteiger partial charge in [-0.3, -0.25) is 14.0 Å². The van der Waals surface area contributed by atoms with Crippen molar-refractivity contribution in [3.63, 3.8) is 0 Å². The first-order valence-electron chi connectivity index (χ1n) is 8.06. The molecule has 128 valence electrons. The summed E-state index contributed by atoms with van der Waals surface area (Å²) in [7, 11) is 0. The zero-order valence-electron chi connectivity index (χ0n) is 13.6. The highest BCUT2D eigenvalue weighted by Crippen LogP contribution is 2.17. The van der Waals surface area contributed by atoms with Crippen LogP contribution in [0.25, 0.3) is 0 Å². The van der Waals surface area contributed by atoms with Gasteiger partial charge in [-0.1, -0.05) is 24.3 Å². The SMILES string of the molecule is CC(=O)C(N)CC(CCCc1ccc(CCCF)cc1)C(=O)O. The van der Waals surface area contributed by atoms with E-state index in [4.69, 9.17) is 5.73 Å². The molecule has 0 fully saturated rings. The lowest BCUT2D eigenvalue weighted by atomic mass is 9.92. The minimum absolute atomic E-state index is 0.180. The van der Waals surface area contributed by atoms with Crippen LogP contribution in [-0.2, 0) is 22.4 Å². The lowest BCUT2D eigenvalue weighted by molar-refractivity contribution is -0.142. The van der Waals surface area contributed by atoms with Crippen molar-refractivity contribution in [2.75, 3.05) is 6.67 Å². The van der Waals surface area contributed by atoms with Crippen LogP contribution in [0.1, 0.15) is 43.7 Å². The number of rotatable bonds is 11. The third kappa shape index (κ3) is 7.37. The van der Waals surface area contributed by atoms with Crippen molar-refractivity contribution >= 4 is 11.8 Å². The van der Waals surface area contributed by atoms with Gasteiger partial charge in [-0.15, -0.1) is 0 Å². The van der Waals surface area contributed by atoms with Gasteiger partial charge >= 0.3 is 5.97 Å². The summed E-state index contributed by atoms with van der Waals surface area (Å²) in [6.45, 7) is 1.08. The number of nitrogens with two attached hydrogens (primary N) is 1. The first kappa shape index (κ1) is 19.3. The monoisotopic (exact) mass is 323 g/mol. The van der Waals surface area contributed by atoms with Crippen molar-refractivity contribution in [1.29, 1.82) is 0 Å². The van der Waals surface area contributed by atoms with E-state index in [1.807, 2.05) is 24.3 Å². The first-order valence-corrected chi connectivity index (χ1v) is 8.06. The van der Waals surface area contributed by atoms with E-state index in [0.717, 1.165) is 30.4 Å². The van der Waals surface area contributed by atoms with Crippen LogP contribution in [0, 0.1) is 5.92 Å². The van der Waals surface area contributed by atoms with Crippen LogP contribution in [0.5, 0.6) is 0 Å². The van der Waals surface area contributed by atoms with Crippen LogP contribution in [0.15, 0.2) is 24.3 Å². The van der Waals surface area contributed by atoms with Gasteiger partial charge in [0, 0.05) is 0 Å². The molecule has 23 heavy (non-hydrogen) atoms. The average Bonchev–Trinajstić information content (AvgIpc) is 2.52. The van der Waals surface area contributed by atoms with Crippen LogP contribution >= 0.6 is 0 Å². The Morgan fingerprint density at radius 2 is 1.65 bits per heavy atom. The number of ketones is 1. The van der Waals surface area contributed by atoms with Gasteiger partial charge in [-0.2, -0.15) is 0 Å². The Morgan fingerprint density at radius 3 is 2.09 bits per heavy atom. The van der Waals surface area contributed by atoms with E-state index in [1.54, 1.807) is 0 Å². The van der Waals surface area contributed by atoms with Gasteiger partial charge in [-0.05, 0) is 56.6 Å². The summed E-state index contributed by atoms with van der Waals surface area (Å²) in [4.78, 5) is 22.4. The molecule has 0 aliphatic heterocycles. The third-order valence-corrected chi connectivity index (χ3v) is 4.05. The molecular weight excluding hydrogens is 297 g/mol. The average molecular weight is 323 g/mol. The van der Waals surface area contributed by atoms with Crippen molar-refractivity contribution in [2.45, 2.75) is 51.5 Å². The number of halogens is 1. The van der Waals surface area contributed by atoms with Gasteiger partial charge in [0.15, 0.2) is 0 Å². The fourth-order valence-corrected chi connectivity index (χ4v) is 2.51. The van der Waals surface area contributed by atoms with E-state index in [2.05, 4.69) is 0 Å². The molecule has 2 atom stereocenters. The Balaban J connectivity index is 2.43. The fourth-order valence-electron chi connectivity index (χ4n) is 2.51. The van der Waals surface area contributed by atoms with E-state index in [1.165, 1.54) is 6.92 Å². The Labute approximate surface area is 136 Å². The molecule has 0 spiro atoms. The van der Waals surface area contributed by atoms with Crippen LogP contribution < -0.4 is 5.73 Å². The minimum atomic E-state index is -0.900. The molecule has 1 aromatic carbocycles. The fraction of sp³-hybridized carbons (Fsp3) is 0.556. The molecule has 0 saturated carbocycles. The molecule has 5 heteroatoms. The molecule has 0 heterocycles. The van der Waals surface area contributed by atoms with Gasteiger partial charge in [0.1, 0.15) is 5.78 Å². The Morgan fingerprint density at radius 1 is 1.13 bits per heavy atom. The van der Waals surface area contributed by atoms with Gasteiger partial charge in [0.25, 0.3) is 0 Å². The number of aliphatic carboxylic acids is 1. The first-order chi connectivity index (χ1) is 10.9. The van der Waals surface area contributed by atoms with Crippen molar-refractivity contribution in [1.82, 2.24) is 0 Å². The van der Waals surface area contributed by atoms with Crippen molar-refractivity contribution in [3.05, 3.63) is 35.4 Å². The van der Waals surface area contributed by atoms with Crippen LogP contribution in [0.2, 0.25) is 0 Å². The predicted octanol–water partition coefficient (Wildman–Crippen LogP) is 2.92. The second-order valence-electron chi connectivity index (χ2n) is 5.99. The predicted molar refractivity (Wildman–Crippen MR) is 88.1 cm³/mol. The maximum atomic E-state index is 12.1. The Bertz CT molecular complexity index is 501. The molecular formula is C18H26FNO3. The van der Waals surface area contributed by atoms with Gasteiger partial charge in [0.2, 0.25) is 0 Å². The smallest absolute Gasteiger partial charge is 0.306 e. The number of carbonyl (C=O) groups excluding carboxylic acids is 1. The number of hydrogen-bond donors (Lipinski definition) is 2. The van der Waals surface area contributed by atoms with Crippen LogP contribution in [-0.4, -0.2) is 29.6 Å². The standard InChI is InChI=1S/C18H26FNO3/c1-13(21)17(20)12-16(18(22)23)6-2-4-14-7-9-15(10-8-14)5-3-11-19/h7-10,16-17H,2-6,11-12,20H2,1H3,(H,22,23). The van der Waals surface area contributed by atoms with Crippen molar-refractivity contribution < 1.29 is 19.1 Å². The normalized spacial score (nSPS) is 13.5. The van der Waals surface area contributed by atoms with Crippen molar-refractivity contribution in [3.8, 4) is 0 Å². The number of benzene rings is 1. The Kier molecular flexibility index (Phi) is 8.48. The lowest BCUT2D eigenvalue weighted by Crippen LogP contribution is -2.33. The van der Waals surface area contributed by atoms with E-state index >= 15 is 0 Å². The number of carboxylic acid groups (broad SMARTS) is 1. The molecule has 1 rings (SSSR count). The number of Topliss-reactive ketones (excluding diaryl/α,β-unsaturated/α-hetero) is 1. The van der Waals surface area contributed by atoms with Crippen LogP contribution in [0.3, 0.4) is 0 Å². The highest BCUT2D eigenvalue weighted by molar-refractivity contribution is 5.82. The minimum Gasteiger partial charge on any atom is -0.481 e. The topological polar surface area (TPSA) is 80.4 Å². The molecule has 0 amide bonds. The van der Waals surface area contributed by atoms with Crippen LogP contribution in [0.4, 0.5) is 4.39 Å². The molecule has 0 saturated heterocycles. The summed E-state index contributed by atoms with van der Waals surface area (Å²) in [6.07, 6.45) is 3.47. The highest BCUT2D eigenvalue weighted by Gasteiger charge is 2.22. The zero-order valence-corrected chi connectivity index (χ0v) is 13.6. The summed E-state index contributed by atoms with van der Waals surface area (Å²) >= 11 is 0. The molecule has 0 aromatic heterocycles. The summed E-state index contributed by atoms with van der Waals surface area (Å²) in [5.74, 6) is -1.67. The summed E-state index contributed by atoms with van der Waals surface area (Å²) in [5.41, 5.74) is 7.90. The maximum Gasteiger partial charge on any atom is 0.306 e.